The number of ether oxygens (including phenoxy) is 2. The fourth-order valence-corrected chi connectivity index (χ4v) is 2.37. The molecule has 3 rings (SSSR count). The molecule has 128 valence electrons. The van der Waals surface area contributed by atoms with Crippen LogP contribution in [0.15, 0.2) is 42.5 Å². The third-order valence-electron chi connectivity index (χ3n) is 3.75. The van der Waals surface area contributed by atoms with E-state index < -0.39 is 0 Å². The normalized spacial score (nSPS) is 10.5. The van der Waals surface area contributed by atoms with Gasteiger partial charge in [0.05, 0.1) is 19.8 Å². The van der Waals surface area contributed by atoms with Crippen molar-refractivity contribution in [1.29, 1.82) is 0 Å². The number of ketones is 1. The van der Waals surface area contributed by atoms with Gasteiger partial charge in [-0.05, 0) is 30.3 Å². The fraction of sp³-hybridized carbons (Fsp3) is 0.222. The number of carbonyl (C=O) groups is 1. The van der Waals surface area contributed by atoms with E-state index in [4.69, 9.17) is 9.47 Å². The van der Waals surface area contributed by atoms with E-state index in [9.17, 15) is 4.79 Å². The molecular formula is C18H18N4O3. The first-order chi connectivity index (χ1) is 12.1. The van der Waals surface area contributed by atoms with Crippen LogP contribution in [0.4, 0.5) is 0 Å². The van der Waals surface area contributed by atoms with Gasteiger partial charge in [0.25, 0.3) is 0 Å². The highest BCUT2D eigenvalue weighted by Gasteiger charge is 2.16. The van der Waals surface area contributed by atoms with Crippen molar-refractivity contribution < 1.29 is 14.3 Å². The van der Waals surface area contributed by atoms with Gasteiger partial charge >= 0.3 is 0 Å². The Morgan fingerprint density at radius 2 is 1.84 bits per heavy atom. The minimum atomic E-state index is -0.191. The van der Waals surface area contributed by atoms with Crippen molar-refractivity contribution >= 4 is 5.78 Å². The summed E-state index contributed by atoms with van der Waals surface area (Å²) in [5, 5.41) is 12.2. The molecule has 0 unspecified atom stereocenters. The lowest BCUT2D eigenvalue weighted by molar-refractivity contribution is 0.0958. The Labute approximate surface area is 145 Å². The van der Waals surface area contributed by atoms with Crippen molar-refractivity contribution in [3.8, 4) is 22.9 Å². The van der Waals surface area contributed by atoms with Crippen molar-refractivity contribution in [3.63, 3.8) is 0 Å². The summed E-state index contributed by atoms with van der Waals surface area (Å²) in [7, 11) is 3.06. The first kappa shape index (κ1) is 16.6. The third kappa shape index (κ3) is 3.65. The molecule has 0 atom stereocenters. The lowest BCUT2D eigenvalue weighted by Crippen LogP contribution is -2.14. The molecule has 0 aliphatic carbocycles. The number of tetrazole rings is 1. The van der Waals surface area contributed by atoms with E-state index in [1.807, 2.05) is 31.2 Å². The summed E-state index contributed by atoms with van der Waals surface area (Å²) in [5.41, 5.74) is 2.41. The van der Waals surface area contributed by atoms with Gasteiger partial charge in [0, 0.05) is 5.56 Å². The second-order valence-corrected chi connectivity index (χ2v) is 5.50. The average Bonchev–Trinajstić information content (AvgIpc) is 3.10. The van der Waals surface area contributed by atoms with Gasteiger partial charge in [-0.25, -0.2) is 0 Å². The molecule has 0 radical (unpaired) electrons. The van der Waals surface area contributed by atoms with Crippen molar-refractivity contribution in [3.05, 3.63) is 53.6 Å². The topological polar surface area (TPSA) is 79.1 Å². The van der Waals surface area contributed by atoms with Crippen molar-refractivity contribution in [1.82, 2.24) is 20.2 Å². The maximum absolute atomic E-state index is 12.6. The van der Waals surface area contributed by atoms with Gasteiger partial charge in [0.1, 0.15) is 18.0 Å². The lowest BCUT2D eigenvalue weighted by Gasteiger charge is -2.09. The number of benzene rings is 2. The van der Waals surface area contributed by atoms with Gasteiger partial charge in [-0.1, -0.05) is 29.8 Å². The van der Waals surface area contributed by atoms with Crippen molar-refractivity contribution in [2.24, 2.45) is 0 Å². The molecule has 0 spiro atoms. The van der Waals surface area contributed by atoms with Gasteiger partial charge < -0.3 is 9.47 Å². The zero-order valence-electron chi connectivity index (χ0n) is 14.3. The summed E-state index contributed by atoms with van der Waals surface area (Å²) in [4.78, 5) is 13.9. The molecule has 7 heteroatoms. The lowest BCUT2D eigenvalue weighted by atomic mass is 10.1. The highest BCUT2D eigenvalue weighted by Crippen LogP contribution is 2.24. The number of methoxy groups -OCH3 is 2. The highest BCUT2D eigenvalue weighted by atomic mass is 16.5. The monoisotopic (exact) mass is 338 g/mol. The summed E-state index contributed by atoms with van der Waals surface area (Å²) in [6, 6.07) is 12.9. The Hall–Kier alpha value is -3.22. The molecule has 0 aliphatic heterocycles. The zero-order chi connectivity index (χ0) is 17.8. The third-order valence-corrected chi connectivity index (χ3v) is 3.75. The van der Waals surface area contributed by atoms with Crippen molar-refractivity contribution in [2.75, 3.05) is 14.2 Å². The van der Waals surface area contributed by atoms with Crippen LogP contribution in [0.3, 0.4) is 0 Å². The Balaban J connectivity index is 1.81. The van der Waals surface area contributed by atoms with E-state index in [1.54, 1.807) is 25.3 Å². The summed E-state index contributed by atoms with van der Waals surface area (Å²) in [6.45, 7) is 1.97. The number of aryl methyl sites for hydroxylation is 1. The summed E-state index contributed by atoms with van der Waals surface area (Å²) in [6.07, 6.45) is 0. The number of hydrogen-bond acceptors (Lipinski definition) is 6. The molecule has 0 N–H and O–H groups in total. The van der Waals surface area contributed by atoms with E-state index in [-0.39, 0.29) is 12.3 Å². The van der Waals surface area contributed by atoms with Crippen LogP contribution in [-0.2, 0) is 6.54 Å². The molecule has 0 bridgehead atoms. The Morgan fingerprint density at radius 3 is 2.52 bits per heavy atom. The van der Waals surface area contributed by atoms with Gasteiger partial charge in [-0.15, -0.1) is 10.2 Å². The minimum absolute atomic E-state index is 0.0393. The molecule has 1 heterocycles. The molecule has 1 aromatic heterocycles. The van der Waals surface area contributed by atoms with Crippen molar-refractivity contribution in [2.45, 2.75) is 13.5 Å². The number of hydrogen-bond donors (Lipinski definition) is 0. The number of aromatic nitrogens is 4. The van der Waals surface area contributed by atoms with Crippen LogP contribution < -0.4 is 9.47 Å². The van der Waals surface area contributed by atoms with Gasteiger partial charge in [0.2, 0.25) is 5.82 Å². The molecule has 0 saturated carbocycles. The van der Waals surface area contributed by atoms with Crippen LogP contribution in [0.5, 0.6) is 11.5 Å². The molecule has 2 aromatic carbocycles. The number of rotatable bonds is 6. The van der Waals surface area contributed by atoms with Gasteiger partial charge in [-0.2, -0.15) is 4.80 Å². The predicted molar refractivity (Wildman–Crippen MR) is 91.9 cm³/mol. The van der Waals surface area contributed by atoms with E-state index in [0.717, 1.165) is 11.1 Å². The van der Waals surface area contributed by atoms with Gasteiger partial charge in [0.15, 0.2) is 5.78 Å². The number of nitrogens with zero attached hydrogens (tertiary/aromatic N) is 4. The van der Waals surface area contributed by atoms with Crippen LogP contribution in [0.25, 0.3) is 11.4 Å². The van der Waals surface area contributed by atoms with E-state index in [0.29, 0.717) is 22.9 Å². The maximum atomic E-state index is 12.6. The molecule has 3 aromatic rings. The molecule has 0 amide bonds. The van der Waals surface area contributed by atoms with E-state index in [2.05, 4.69) is 15.4 Å². The summed E-state index contributed by atoms with van der Waals surface area (Å²) >= 11 is 0. The second-order valence-electron chi connectivity index (χ2n) is 5.50. The van der Waals surface area contributed by atoms with Crippen LogP contribution in [-0.4, -0.2) is 40.2 Å². The zero-order valence-corrected chi connectivity index (χ0v) is 14.3. The Bertz CT molecular complexity index is 888. The fourth-order valence-electron chi connectivity index (χ4n) is 2.37. The number of Topliss-reactive ketones (excluding diaryl/α,β-unsaturated/α-hetero) is 1. The average molecular weight is 338 g/mol. The molecule has 0 aliphatic rings. The van der Waals surface area contributed by atoms with Crippen LogP contribution in [0.2, 0.25) is 0 Å². The quantitative estimate of drug-likeness (QED) is 0.643. The Morgan fingerprint density at radius 1 is 1.08 bits per heavy atom. The molecule has 0 fully saturated rings. The molecule has 7 nitrogen and oxygen atoms in total. The standard InChI is InChI=1S/C18H18N4O3/c1-12-4-6-13(7-5-12)18-19-21-22(20-18)11-16(23)15-10-14(24-2)8-9-17(15)25-3/h4-10H,11H2,1-3H3. The SMILES string of the molecule is COc1ccc(OC)c(C(=O)Cn2nnc(-c3ccc(C)cc3)n2)c1. The van der Waals surface area contributed by atoms with Crippen LogP contribution in [0, 0.1) is 6.92 Å². The van der Waals surface area contributed by atoms with E-state index >= 15 is 0 Å². The summed E-state index contributed by atoms with van der Waals surface area (Å²) in [5.74, 6) is 1.34. The minimum Gasteiger partial charge on any atom is -0.497 e. The van der Waals surface area contributed by atoms with Crippen LogP contribution >= 0.6 is 0 Å². The smallest absolute Gasteiger partial charge is 0.204 e. The summed E-state index contributed by atoms with van der Waals surface area (Å²) < 4.78 is 10.4. The second kappa shape index (κ2) is 7.12. The van der Waals surface area contributed by atoms with Gasteiger partial charge in [-0.3, -0.25) is 4.79 Å². The Kier molecular flexibility index (Phi) is 4.74. The van der Waals surface area contributed by atoms with Crippen LogP contribution in [0.1, 0.15) is 15.9 Å². The molecule has 25 heavy (non-hydrogen) atoms. The first-order valence-corrected chi connectivity index (χ1v) is 7.71. The first-order valence-electron chi connectivity index (χ1n) is 7.71. The highest BCUT2D eigenvalue weighted by molar-refractivity contribution is 5.98. The number of carbonyl (C=O) groups excluding carboxylic acids is 1. The maximum Gasteiger partial charge on any atom is 0.204 e. The molecule has 0 saturated heterocycles. The molecular weight excluding hydrogens is 320 g/mol. The largest absolute Gasteiger partial charge is 0.497 e. The van der Waals surface area contributed by atoms with E-state index in [1.165, 1.54) is 11.9 Å². The predicted octanol–water partition coefficient (Wildman–Crippen LogP) is 2.55.